The Morgan fingerprint density at radius 3 is 2.40 bits per heavy atom. The Balaban J connectivity index is 1.26. The predicted molar refractivity (Wildman–Crippen MR) is 160 cm³/mol. The molecule has 0 aliphatic heterocycles. The first kappa shape index (κ1) is 30.7. The number of allylic oxidation sites excluding steroid dienone is 4. The molecule has 6 aliphatic rings. The molecule has 0 heterocycles. The summed E-state index contributed by atoms with van der Waals surface area (Å²) in [5.41, 5.74) is 8.62. The molecule has 4 N–H and O–H groups in total. The first-order chi connectivity index (χ1) is 19.7. The maximum atomic E-state index is 13.9. The summed E-state index contributed by atoms with van der Waals surface area (Å²) in [7, 11) is 0. The molecule has 42 heavy (non-hydrogen) atoms. The molecule has 0 bridgehead atoms. The fourth-order valence-electron chi connectivity index (χ4n) is 12.4. The Labute approximate surface area is 250 Å². The van der Waals surface area contributed by atoms with Crippen LogP contribution in [0.1, 0.15) is 111 Å². The average Bonchev–Trinajstić information content (AvgIpc) is 3.36. The minimum atomic E-state index is -4.32. The number of hydrogen-bond acceptors (Lipinski definition) is 3. The molecular weight excluding hydrogens is 537 g/mol. The van der Waals surface area contributed by atoms with Crippen molar-refractivity contribution in [2.24, 2.45) is 57.5 Å². The second-order valence-corrected chi connectivity index (χ2v) is 16.0. The number of carboxylic acids is 1. The van der Waals surface area contributed by atoms with Crippen LogP contribution in [0.15, 0.2) is 23.3 Å². The van der Waals surface area contributed by atoms with Gasteiger partial charge in [-0.3, -0.25) is 10.1 Å². The van der Waals surface area contributed by atoms with Crippen LogP contribution in [0.25, 0.3) is 0 Å². The Morgan fingerprint density at radius 2 is 1.76 bits per heavy atom. The summed E-state index contributed by atoms with van der Waals surface area (Å²) in [6.07, 6.45) is 13.1. The highest BCUT2D eigenvalue weighted by Crippen LogP contribution is 2.75. The Bertz CT molecular complexity index is 1150. The smallest absolute Gasteiger partial charge is 0.405 e. The van der Waals surface area contributed by atoms with Gasteiger partial charge in [0.25, 0.3) is 0 Å². The molecule has 0 aromatic heterocycles. The van der Waals surface area contributed by atoms with E-state index in [0.29, 0.717) is 36.0 Å². The van der Waals surface area contributed by atoms with E-state index in [1.54, 1.807) is 0 Å². The van der Waals surface area contributed by atoms with Gasteiger partial charge >= 0.3 is 12.1 Å². The lowest BCUT2D eigenvalue weighted by Crippen LogP contribution is -2.68. The molecule has 4 nitrogen and oxygen atoms in total. The van der Waals surface area contributed by atoms with Gasteiger partial charge < -0.3 is 10.8 Å². The van der Waals surface area contributed by atoms with Crippen molar-refractivity contribution >= 4 is 5.97 Å². The van der Waals surface area contributed by atoms with Crippen LogP contribution in [-0.2, 0) is 4.79 Å². The van der Waals surface area contributed by atoms with Crippen molar-refractivity contribution in [2.45, 2.75) is 129 Å². The minimum Gasteiger partial charge on any atom is -0.481 e. The summed E-state index contributed by atoms with van der Waals surface area (Å²) < 4.78 is 41.6. The molecule has 0 aromatic rings. The normalized spacial score (nSPS) is 47.7. The summed E-state index contributed by atoms with van der Waals surface area (Å²) in [6.45, 7) is 9.67. The first-order valence-electron chi connectivity index (χ1n) is 16.9. The van der Waals surface area contributed by atoms with E-state index in [2.05, 4.69) is 45.2 Å². The van der Waals surface area contributed by atoms with Crippen molar-refractivity contribution in [3.8, 4) is 0 Å². The number of fused-ring (bicyclic) bond motifs is 7. The number of carbonyl (C=O) groups is 1. The third kappa shape index (κ3) is 4.40. The van der Waals surface area contributed by atoms with Crippen LogP contribution in [0.5, 0.6) is 0 Å². The van der Waals surface area contributed by atoms with Crippen LogP contribution in [0.3, 0.4) is 0 Å². The number of hydrogen-bond donors (Lipinski definition) is 3. The van der Waals surface area contributed by atoms with Gasteiger partial charge in [0.05, 0.1) is 5.92 Å². The second kappa shape index (κ2) is 10.4. The predicted octanol–water partition coefficient (Wildman–Crippen LogP) is 8.03. The highest BCUT2D eigenvalue weighted by atomic mass is 19.4. The van der Waals surface area contributed by atoms with Crippen LogP contribution in [-0.4, -0.2) is 35.4 Å². The Hall–Kier alpha value is -1.34. The van der Waals surface area contributed by atoms with Crippen LogP contribution in [0, 0.1) is 51.8 Å². The van der Waals surface area contributed by atoms with Crippen molar-refractivity contribution in [1.82, 2.24) is 5.32 Å². The van der Waals surface area contributed by atoms with E-state index in [1.807, 2.05) is 0 Å². The molecule has 0 saturated heterocycles. The molecule has 11 atom stereocenters. The number of aliphatic carboxylic acids is 1. The summed E-state index contributed by atoms with van der Waals surface area (Å²) in [6, 6.07) is -1.62. The van der Waals surface area contributed by atoms with Crippen LogP contribution < -0.4 is 11.1 Å². The van der Waals surface area contributed by atoms with E-state index in [0.717, 1.165) is 57.8 Å². The van der Waals surface area contributed by atoms with Gasteiger partial charge in [0.1, 0.15) is 6.04 Å². The zero-order chi connectivity index (χ0) is 30.3. The second-order valence-electron chi connectivity index (χ2n) is 16.0. The maximum Gasteiger partial charge on any atom is 0.405 e. The summed E-state index contributed by atoms with van der Waals surface area (Å²) in [5, 5.41) is 12.6. The molecule has 7 heteroatoms. The van der Waals surface area contributed by atoms with Gasteiger partial charge in [-0.1, -0.05) is 46.3 Å². The van der Waals surface area contributed by atoms with Crippen LogP contribution in [0.2, 0.25) is 0 Å². The van der Waals surface area contributed by atoms with Crippen LogP contribution in [0.4, 0.5) is 13.2 Å². The lowest BCUT2D eigenvalue weighted by atomic mass is 9.34. The van der Waals surface area contributed by atoms with E-state index in [9.17, 15) is 23.1 Å². The molecule has 6 aliphatic carbocycles. The third-order valence-electron chi connectivity index (χ3n) is 14.8. The molecule has 236 valence electrons. The summed E-state index contributed by atoms with van der Waals surface area (Å²) in [5.74, 6) is 1.52. The fraction of sp³-hybridized carbons (Fsp3) is 0.857. The lowest BCUT2D eigenvalue weighted by Gasteiger charge is -2.71. The number of nitrogens with two attached hydrogens (primary N) is 1. The fourth-order valence-corrected chi connectivity index (χ4v) is 12.4. The molecule has 6 rings (SSSR count). The zero-order valence-electron chi connectivity index (χ0n) is 26.2. The molecule has 4 fully saturated rings. The summed E-state index contributed by atoms with van der Waals surface area (Å²) >= 11 is 0. The number of nitrogens with one attached hydrogen (secondary N) is 1. The molecule has 10 unspecified atom stereocenters. The monoisotopic (exact) mass is 590 g/mol. The molecule has 0 radical (unpaired) electrons. The average molecular weight is 591 g/mol. The molecular formula is C35H53F3N2O2. The molecule has 4 saturated carbocycles. The quantitative estimate of drug-likeness (QED) is 0.303. The van der Waals surface area contributed by atoms with Gasteiger partial charge in [-0.25, -0.2) is 0 Å². The van der Waals surface area contributed by atoms with Crippen molar-refractivity contribution in [3.05, 3.63) is 23.3 Å². The van der Waals surface area contributed by atoms with Gasteiger partial charge in [-0.15, -0.1) is 0 Å². The SMILES string of the molecule is CC1C(C2=CCC(C(=O)O)CC2)=CCC2(C)C1CCC1(C)C2CCC2C3CCCC3(NC(CN)C(F)(F)F)CC[C@]21C. The van der Waals surface area contributed by atoms with Gasteiger partial charge in [-0.05, 0) is 134 Å². The van der Waals surface area contributed by atoms with Gasteiger partial charge in [0.15, 0.2) is 0 Å². The standard InChI is InChI=1S/C35H53F3N2O2/c1-21-24(22-7-9-23(10-8-22)30(41)42)13-16-31(2)25(21)14-17-33(4)28(31)12-11-26-27-6-5-15-34(27,19-18-32(26,33)3)40-29(20-39)35(36,37)38/h7,13,21,23,25-29,40H,5-6,8-12,14-20,39H2,1-4H3,(H,41,42)/t21?,23?,25?,26?,27?,28?,29?,31?,32-,33?,34?/m1/s1. The van der Waals surface area contributed by atoms with Crippen LogP contribution >= 0.6 is 0 Å². The van der Waals surface area contributed by atoms with Crippen molar-refractivity contribution < 1.29 is 23.1 Å². The van der Waals surface area contributed by atoms with Gasteiger partial charge in [0.2, 0.25) is 0 Å². The number of carboxylic acid groups (broad SMARTS) is 1. The third-order valence-corrected chi connectivity index (χ3v) is 14.8. The minimum absolute atomic E-state index is 0.130. The zero-order valence-corrected chi connectivity index (χ0v) is 26.2. The number of alkyl halides is 3. The van der Waals surface area contributed by atoms with Crippen molar-refractivity contribution in [2.75, 3.05) is 6.54 Å². The van der Waals surface area contributed by atoms with E-state index < -0.39 is 30.3 Å². The van der Waals surface area contributed by atoms with E-state index in [-0.39, 0.29) is 22.2 Å². The Morgan fingerprint density at radius 1 is 1.00 bits per heavy atom. The van der Waals surface area contributed by atoms with E-state index in [1.165, 1.54) is 30.4 Å². The lowest BCUT2D eigenvalue weighted by molar-refractivity contribution is -0.217. The molecule has 0 aromatic carbocycles. The van der Waals surface area contributed by atoms with E-state index in [4.69, 9.17) is 5.73 Å². The number of halogens is 3. The largest absolute Gasteiger partial charge is 0.481 e. The first-order valence-corrected chi connectivity index (χ1v) is 16.9. The number of rotatable bonds is 5. The summed E-state index contributed by atoms with van der Waals surface area (Å²) in [4.78, 5) is 11.5. The Kier molecular flexibility index (Phi) is 7.56. The van der Waals surface area contributed by atoms with Crippen molar-refractivity contribution in [3.63, 3.8) is 0 Å². The highest BCUT2D eigenvalue weighted by molar-refractivity contribution is 5.70. The molecule has 0 spiro atoms. The maximum absolute atomic E-state index is 13.9. The van der Waals surface area contributed by atoms with Gasteiger partial charge in [0, 0.05) is 12.1 Å². The van der Waals surface area contributed by atoms with E-state index >= 15 is 0 Å². The highest BCUT2D eigenvalue weighted by Gasteiger charge is 2.69. The molecule has 0 amide bonds. The van der Waals surface area contributed by atoms with Gasteiger partial charge in [-0.2, -0.15) is 13.2 Å². The topological polar surface area (TPSA) is 75.3 Å². The van der Waals surface area contributed by atoms with Crippen molar-refractivity contribution in [1.29, 1.82) is 0 Å².